The van der Waals surface area contributed by atoms with Gasteiger partial charge in [0.15, 0.2) is 0 Å². The van der Waals surface area contributed by atoms with Crippen LogP contribution in [0.1, 0.15) is 18.7 Å². The van der Waals surface area contributed by atoms with Crippen LogP contribution in [0, 0.1) is 0 Å². The fourth-order valence-corrected chi connectivity index (χ4v) is 2.85. The minimum absolute atomic E-state index is 0.223. The molecular weight excluding hydrogens is 330 g/mol. The van der Waals surface area contributed by atoms with Crippen molar-refractivity contribution in [2.24, 2.45) is 0 Å². The molecule has 1 aromatic heterocycles. The Morgan fingerprint density at radius 2 is 2.21 bits per heavy atom. The zero-order valence-corrected chi connectivity index (χ0v) is 13.8. The third kappa shape index (κ3) is 8.73. The highest BCUT2D eigenvalue weighted by atomic mass is 79.9. The molecule has 0 aliphatic rings. The van der Waals surface area contributed by atoms with Gasteiger partial charge in [-0.2, -0.15) is 0 Å². The van der Waals surface area contributed by atoms with E-state index in [4.69, 9.17) is 9.47 Å². The highest BCUT2D eigenvalue weighted by Crippen LogP contribution is 2.19. The van der Waals surface area contributed by atoms with Crippen LogP contribution in [0.15, 0.2) is 15.9 Å². The summed E-state index contributed by atoms with van der Waals surface area (Å²) in [6, 6.07) is 2.07. The quantitative estimate of drug-likeness (QED) is 0.635. The molecule has 0 radical (unpaired) electrons. The summed E-state index contributed by atoms with van der Waals surface area (Å²) < 4.78 is 11.8. The molecule has 1 atom stereocenters. The van der Waals surface area contributed by atoms with Crippen molar-refractivity contribution in [1.82, 2.24) is 5.32 Å². The predicted molar refractivity (Wildman–Crippen MR) is 81.6 cm³/mol. The monoisotopic (exact) mass is 351 g/mol. The van der Waals surface area contributed by atoms with E-state index in [9.17, 15) is 5.11 Å². The van der Waals surface area contributed by atoms with E-state index < -0.39 is 6.10 Å². The normalized spacial score (nSPS) is 13.1. The molecule has 1 heterocycles. The standard InChI is InChI=1S/C13H22BrNO3S/c1-10(2)18-4-3-17-8-12(16)6-15-7-13-5-11(14)9-19-13/h5,9-10,12,15-16H,3-4,6-8H2,1-2H3. The molecule has 0 bridgehead atoms. The van der Waals surface area contributed by atoms with Crippen LogP contribution >= 0.6 is 27.3 Å². The van der Waals surface area contributed by atoms with E-state index in [1.54, 1.807) is 11.3 Å². The lowest BCUT2D eigenvalue weighted by molar-refractivity contribution is -0.00999. The first-order chi connectivity index (χ1) is 9.08. The number of rotatable bonds is 10. The van der Waals surface area contributed by atoms with E-state index in [0.717, 1.165) is 11.0 Å². The van der Waals surface area contributed by atoms with Gasteiger partial charge in [-0.05, 0) is 35.8 Å². The van der Waals surface area contributed by atoms with Crippen molar-refractivity contribution >= 4 is 27.3 Å². The van der Waals surface area contributed by atoms with Gasteiger partial charge in [0, 0.05) is 27.8 Å². The first-order valence-corrected chi connectivity index (χ1v) is 8.06. The number of aliphatic hydroxyl groups excluding tert-OH is 1. The minimum atomic E-state index is -0.484. The molecule has 0 aromatic carbocycles. The highest BCUT2D eigenvalue weighted by Gasteiger charge is 2.04. The Morgan fingerprint density at radius 3 is 2.84 bits per heavy atom. The number of thiophene rings is 1. The van der Waals surface area contributed by atoms with Gasteiger partial charge in [0.25, 0.3) is 0 Å². The molecule has 0 saturated heterocycles. The lowest BCUT2D eigenvalue weighted by Gasteiger charge is -2.12. The number of nitrogens with one attached hydrogen (secondary N) is 1. The molecule has 1 unspecified atom stereocenters. The zero-order valence-electron chi connectivity index (χ0n) is 11.4. The van der Waals surface area contributed by atoms with Crippen molar-refractivity contribution in [2.45, 2.75) is 32.6 Å². The second-order valence-electron chi connectivity index (χ2n) is 4.51. The second kappa shape index (κ2) is 9.85. The Morgan fingerprint density at radius 1 is 1.42 bits per heavy atom. The van der Waals surface area contributed by atoms with E-state index in [0.29, 0.717) is 26.4 Å². The maximum Gasteiger partial charge on any atom is 0.0897 e. The van der Waals surface area contributed by atoms with Crippen LogP contribution < -0.4 is 5.32 Å². The highest BCUT2D eigenvalue weighted by molar-refractivity contribution is 9.10. The first-order valence-electron chi connectivity index (χ1n) is 6.39. The van der Waals surface area contributed by atoms with Crippen LogP contribution in [0.25, 0.3) is 0 Å². The van der Waals surface area contributed by atoms with Gasteiger partial charge in [-0.25, -0.2) is 0 Å². The van der Waals surface area contributed by atoms with Crippen molar-refractivity contribution in [2.75, 3.05) is 26.4 Å². The molecule has 2 N–H and O–H groups in total. The van der Waals surface area contributed by atoms with Gasteiger partial charge < -0.3 is 19.9 Å². The lowest BCUT2D eigenvalue weighted by Crippen LogP contribution is -2.30. The van der Waals surface area contributed by atoms with E-state index >= 15 is 0 Å². The Bertz CT molecular complexity index is 346. The average molecular weight is 352 g/mol. The van der Waals surface area contributed by atoms with E-state index in [1.165, 1.54) is 4.88 Å². The number of aliphatic hydroxyl groups is 1. The summed E-state index contributed by atoms with van der Waals surface area (Å²) in [6.07, 6.45) is -0.261. The molecule has 19 heavy (non-hydrogen) atoms. The Balaban J connectivity index is 1.97. The van der Waals surface area contributed by atoms with E-state index in [-0.39, 0.29) is 6.10 Å². The summed E-state index contributed by atoms with van der Waals surface area (Å²) in [5, 5.41) is 15.0. The van der Waals surface area contributed by atoms with Gasteiger partial charge in [0.2, 0.25) is 0 Å². The van der Waals surface area contributed by atoms with Crippen LogP contribution in [0.5, 0.6) is 0 Å². The fourth-order valence-electron chi connectivity index (χ4n) is 1.43. The molecule has 6 heteroatoms. The number of hydrogen-bond acceptors (Lipinski definition) is 5. The van der Waals surface area contributed by atoms with Crippen molar-refractivity contribution in [3.05, 3.63) is 20.8 Å². The van der Waals surface area contributed by atoms with E-state index in [1.807, 2.05) is 19.2 Å². The molecule has 0 aliphatic carbocycles. The molecule has 1 aromatic rings. The van der Waals surface area contributed by atoms with Crippen molar-refractivity contribution < 1.29 is 14.6 Å². The Hall–Kier alpha value is 0.0200. The largest absolute Gasteiger partial charge is 0.389 e. The third-order valence-electron chi connectivity index (χ3n) is 2.29. The van der Waals surface area contributed by atoms with E-state index in [2.05, 4.69) is 27.3 Å². The summed E-state index contributed by atoms with van der Waals surface area (Å²) in [7, 11) is 0. The molecular formula is C13H22BrNO3S. The summed E-state index contributed by atoms with van der Waals surface area (Å²) in [4.78, 5) is 1.24. The molecule has 0 fully saturated rings. The average Bonchev–Trinajstić information content (AvgIpc) is 2.74. The van der Waals surface area contributed by atoms with Gasteiger partial charge >= 0.3 is 0 Å². The Labute approximate surface area is 127 Å². The van der Waals surface area contributed by atoms with Crippen molar-refractivity contribution in [3.63, 3.8) is 0 Å². The van der Waals surface area contributed by atoms with Crippen molar-refractivity contribution in [1.29, 1.82) is 0 Å². The third-order valence-corrected chi connectivity index (χ3v) is 3.99. The maximum atomic E-state index is 9.71. The van der Waals surface area contributed by atoms with Gasteiger partial charge in [-0.15, -0.1) is 11.3 Å². The topological polar surface area (TPSA) is 50.7 Å². The van der Waals surface area contributed by atoms with Crippen LogP contribution in [0.4, 0.5) is 0 Å². The van der Waals surface area contributed by atoms with Gasteiger partial charge in [0.05, 0.1) is 32.0 Å². The smallest absolute Gasteiger partial charge is 0.0897 e. The number of hydrogen-bond donors (Lipinski definition) is 2. The van der Waals surface area contributed by atoms with Gasteiger partial charge in [0.1, 0.15) is 0 Å². The van der Waals surface area contributed by atoms with Crippen LogP contribution in [0.2, 0.25) is 0 Å². The SMILES string of the molecule is CC(C)OCCOCC(O)CNCc1cc(Br)cs1. The zero-order chi connectivity index (χ0) is 14.1. The van der Waals surface area contributed by atoms with Crippen LogP contribution in [0.3, 0.4) is 0 Å². The summed E-state index contributed by atoms with van der Waals surface area (Å²) in [5.41, 5.74) is 0. The lowest BCUT2D eigenvalue weighted by atomic mass is 10.3. The minimum Gasteiger partial charge on any atom is -0.389 e. The van der Waals surface area contributed by atoms with Crippen molar-refractivity contribution in [3.8, 4) is 0 Å². The maximum absolute atomic E-state index is 9.71. The van der Waals surface area contributed by atoms with Crippen LogP contribution in [-0.4, -0.2) is 43.7 Å². The molecule has 0 spiro atoms. The summed E-state index contributed by atoms with van der Waals surface area (Å²) >= 11 is 5.10. The van der Waals surface area contributed by atoms with Gasteiger partial charge in [-0.1, -0.05) is 0 Å². The fraction of sp³-hybridized carbons (Fsp3) is 0.692. The second-order valence-corrected chi connectivity index (χ2v) is 6.42. The Kier molecular flexibility index (Phi) is 8.85. The number of ether oxygens (including phenoxy) is 2. The molecule has 0 saturated carbocycles. The molecule has 4 nitrogen and oxygen atoms in total. The first kappa shape index (κ1) is 17.1. The number of halogens is 1. The summed E-state index contributed by atoms with van der Waals surface area (Å²) in [6.45, 7) is 6.70. The molecule has 110 valence electrons. The molecule has 1 rings (SSSR count). The molecule has 0 amide bonds. The predicted octanol–water partition coefficient (Wildman–Crippen LogP) is 2.40. The summed E-state index contributed by atoms with van der Waals surface area (Å²) in [5.74, 6) is 0. The van der Waals surface area contributed by atoms with Crippen LogP contribution in [-0.2, 0) is 16.0 Å². The molecule has 0 aliphatic heterocycles. The van der Waals surface area contributed by atoms with Gasteiger partial charge in [-0.3, -0.25) is 0 Å².